The third-order valence-electron chi connectivity index (χ3n) is 5.09. The van der Waals surface area contributed by atoms with Gasteiger partial charge in [0.2, 0.25) is 11.8 Å². The molecule has 0 N–H and O–H groups in total. The average Bonchev–Trinajstić information content (AvgIpc) is 3.20. The van der Waals surface area contributed by atoms with E-state index in [2.05, 4.69) is 0 Å². The number of amides is 2. The molecule has 1 atom stereocenters. The second kappa shape index (κ2) is 9.87. The maximum absolute atomic E-state index is 13.5. The van der Waals surface area contributed by atoms with Gasteiger partial charge in [0.1, 0.15) is 18.2 Å². The Labute approximate surface area is 175 Å². The Balaban J connectivity index is 1.76. The van der Waals surface area contributed by atoms with Crippen LogP contribution in [-0.2, 0) is 16.0 Å². The number of nitrogens with zero attached hydrogens (tertiary/aromatic N) is 2. The van der Waals surface area contributed by atoms with E-state index in [1.54, 1.807) is 33.3 Å². The molecule has 2 amide bonds. The van der Waals surface area contributed by atoms with Crippen molar-refractivity contribution in [2.75, 3.05) is 26.2 Å². The summed E-state index contributed by atoms with van der Waals surface area (Å²) in [6.07, 6.45) is 1.98. The first kappa shape index (κ1) is 21.3. The molecule has 7 heteroatoms. The lowest BCUT2D eigenvalue weighted by atomic mass is 10.0. The van der Waals surface area contributed by atoms with Crippen LogP contribution in [-0.4, -0.2) is 47.9 Å². The Kier molecular flexibility index (Phi) is 7.25. The van der Waals surface area contributed by atoms with Gasteiger partial charge in [-0.25, -0.2) is 4.39 Å². The second-order valence-corrected chi connectivity index (χ2v) is 8.09. The maximum Gasteiger partial charge on any atom is 0.242 e. The number of hydrogen-bond acceptors (Lipinski definition) is 4. The van der Waals surface area contributed by atoms with Crippen molar-refractivity contribution in [3.63, 3.8) is 0 Å². The SMILES string of the molecule is CCCN(CC(=O)N1CCc2sccc2[C@H]1COc1cccc(F)c1)C(=O)CC. The standard InChI is InChI=1S/C22H27FN2O3S/c1-3-10-24(21(26)4-2)14-22(27)25-11-8-20-18(9-12-29-20)19(25)15-28-17-7-5-6-16(23)13-17/h5-7,9,12-13,19H,3-4,8,10-11,14-15H2,1-2H3/t19-/m1/s1. The minimum atomic E-state index is -0.358. The quantitative estimate of drug-likeness (QED) is 0.650. The summed E-state index contributed by atoms with van der Waals surface area (Å²) in [4.78, 5) is 30.0. The Bertz CT molecular complexity index is 854. The van der Waals surface area contributed by atoms with Gasteiger partial charge in [-0.1, -0.05) is 19.9 Å². The fraction of sp³-hybridized carbons (Fsp3) is 0.455. The third-order valence-corrected chi connectivity index (χ3v) is 6.09. The predicted octanol–water partition coefficient (Wildman–Crippen LogP) is 4.04. The number of thiophene rings is 1. The summed E-state index contributed by atoms with van der Waals surface area (Å²) in [6, 6.07) is 7.79. The Hall–Kier alpha value is -2.41. The van der Waals surface area contributed by atoms with Crippen LogP contribution in [0.15, 0.2) is 35.7 Å². The fourth-order valence-electron chi connectivity index (χ4n) is 3.65. The van der Waals surface area contributed by atoms with E-state index in [9.17, 15) is 14.0 Å². The Morgan fingerprint density at radius 1 is 1.31 bits per heavy atom. The van der Waals surface area contributed by atoms with Gasteiger partial charge in [0, 0.05) is 30.5 Å². The first-order chi connectivity index (χ1) is 14.0. The summed E-state index contributed by atoms with van der Waals surface area (Å²) in [5, 5.41) is 2.03. The number of rotatable bonds is 8. The van der Waals surface area contributed by atoms with Crippen LogP contribution in [0, 0.1) is 5.82 Å². The van der Waals surface area contributed by atoms with E-state index in [1.807, 2.05) is 25.3 Å². The molecule has 0 aliphatic carbocycles. The van der Waals surface area contributed by atoms with Crippen LogP contribution in [0.5, 0.6) is 5.75 Å². The van der Waals surface area contributed by atoms with Gasteiger partial charge in [-0.15, -0.1) is 11.3 Å². The maximum atomic E-state index is 13.5. The van der Waals surface area contributed by atoms with Gasteiger partial charge < -0.3 is 14.5 Å². The minimum Gasteiger partial charge on any atom is -0.491 e. The molecule has 1 aromatic carbocycles. The number of benzene rings is 1. The smallest absolute Gasteiger partial charge is 0.242 e. The molecule has 0 bridgehead atoms. The van der Waals surface area contributed by atoms with Gasteiger partial charge in [0.25, 0.3) is 0 Å². The van der Waals surface area contributed by atoms with Crippen LogP contribution in [0.4, 0.5) is 4.39 Å². The number of carbonyl (C=O) groups excluding carboxylic acids is 2. The van der Waals surface area contributed by atoms with E-state index in [4.69, 9.17) is 4.74 Å². The molecule has 0 fully saturated rings. The summed E-state index contributed by atoms with van der Waals surface area (Å²) in [7, 11) is 0. The van der Waals surface area contributed by atoms with E-state index in [0.717, 1.165) is 18.4 Å². The van der Waals surface area contributed by atoms with E-state index in [-0.39, 0.29) is 36.8 Å². The molecule has 29 heavy (non-hydrogen) atoms. The molecule has 0 spiro atoms. The molecule has 0 saturated carbocycles. The topological polar surface area (TPSA) is 49.9 Å². The number of halogens is 1. The highest BCUT2D eigenvalue weighted by atomic mass is 32.1. The normalized spacial score (nSPS) is 15.7. The summed E-state index contributed by atoms with van der Waals surface area (Å²) < 4.78 is 19.3. The zero-order valence-corrected chi connectivity index (χ0v) is 17.7. The lowest BCUT2D eigenvalue weighted by Crippen LogP contribution is -2.47. The highest BCUT2D eigenvalue weighted by Crippen LogP contribution is 2.34. The van der Waals surface area contributed by atoms with E-state index >= 15 is 0 Å². The molecule has 0 radical (unpaired) electrons. The highest BCUT2D eigenvalue weighted by Gasteiger charge is 2.33. The zero-order valence-electron chi connectivity index (χ0n) is 16.9. The van der Waals surface area contributed by atoms with Crippen molar-refractivity contribution < 1.29 is 18.7 Å². The van der Waals surface area contributed by atoms with Crippen molar-refractivity contribution in [2.24, 2.45) is 0 Å². The molecular weight excluding hydrogens is 391 g/mol. The van der Waals surface area contributed by atoms with Crippen molar-refractivity contribution in [1.29, 1.82) is 0 Å². The van der Waals surface area contributed by atoms with Crippen molar-refractivity contribution in [2.45, 2.75) is 39.2 Å². The molecule has 156 valence electrons. The van der Waals surface area contributed by atoms with Gasteiger partial charge in [-0.2, -0.15) is 0 Å². The number of carbonyl (C=O) groups is 2. The second-order valence-electron chi connectivity index (χ2n) is 7.09. The molecule has 0 saturated heterocycles. The van der Waals surface area contributed by atoms with Crippen LogP contribution in [0.3, 0.4) is 0 Å². The summed E-state index contributed by atoms with van der Waals surface area (Å²) in [6.45, 7) is 5.29. The van der Waals surface area contributed by atoms with Crippen LogP contribution in [0.25, 0.3) is 0 Å². The number of fused-ring (bicyclic) bond motifs is 1. The zero-order chi connectivity index (χ0) is 20.8. The summed E-state index contributed by atoms with van der Waals surface area (Å²) in [5.41, 5.74) is 1.08. The van der Waals surface area contributed by atoms with Crippen molar-refractivity contribution in [1.82, 2.24) is 9.80 Å². The Morgan fingerprint density at radius 3 is 2.86 bits per heavy atom. The monoisotopic (exact) mass is 418 g/mol. The largest absolute Gasteiger partial charge is 0.491 e. The predicted molar refractivity (Wildman–Crippen MR) is 112 cm³/mol. The number of ether oxygens (including phenoxy) is 1. The number of hydrogen-bond donors (Lipinski definition) is 0. The van der Waals surface area contributed by atoms with E-state index in [1.165, 1.54) is 17.0 Å². The Morgan fingerprint density at radius 2 is 2.14 bits per heavy atom. The fourth-order valence-corrected chi connectivity index (χ4v) is 4.57. The molecule has 0 unspecified atom stereocenters. The minimum absolute atomic E-state index is 0.0130. The highest BCUT2D eigenvalue weighted by molar-refractivity contribution is 7.10. The first-order valence-corrected chi connectivity index (χ1v) is 10.9. The molecule has 2 heterocycles. The van der Waals surface area contributed by atoms with Gasteiger partial charge in [-0.3, -0.25) is 9.59 Å². The summed E-state index contributed by atoms with van der Waals surface area (Å²) >= 11 is 1.68. The van der Waals surface area contributed by atoms with Crippen LogP contribution in [0.2, 0.25) is 0 Å². The van der Waals surface area contributed by atoms with Gasteiger partial charge in [-0.05, 0) is 42.0 Å². The molecular formula is C22H27FN2O3S. The van der Waals surface area contributed by atoms with Crippen LogP contribution >= 0.6 is 11.3 Å². The average molecular weight is 419 g/mol. The molecule has 3 rings (SSSR count). The van der Waals surface area contributed by atoms with Gasteiger partial charge >= 0.3 is 0 Å². The van der Waals surface area contributed by atoms with Gasteiger partial charge in [0.05, 0.1) is 12.6 Å². The van der Waals surface area contributed by atoms with Crippen molar-refractivity contribution >= 4 is 23.2 Å². The molecule has 2 aromatic rings. The lowest BCUT2D eigenvalue weighted by molar-refractivity contribution is -0.142. The van der Waals surface area contributed by atoms with E-state index in [0.29, 0.717) is 25.3 Å². The lowest BCUT2D eigenvalue weighted by Gasteiger charge is -2.37. The summed E-state index contributed by atoms with van der Waals surface area (Å²) in [5.74, 6) is -0.0111. The molecule has 1 aliphatic heterocycles. The molecule has 1 aromatic heterocycles. The molecule has 1 aliphatic rings. The third kappa shape index (κ3) is 5.15. The van der Waals surface area contributed by atoms with Crippen LogP contribution < -0.4 is 4.74 Å². The van der Waals surface area contributed by atoms with Crippen molar-refractivity contribution in [3.05, 3.63) is 52.0 Å². The van der Waals surface area contributed by atoms with Crippen LogP contribution in [0.1, 0.15) is 43.2 Å². The van der Waals surface area contributed by atoms with Crippen molar-refractivity contribution in [3.8, 4) is 5.75 Å². The molecule has 5 nitrogen and oxygen atoms in total. The first-order valence-electron chi connectivity index (χ1n) is 10.0. The van der Waals surface area contributed by atoms with E-state index < -0.39 is 0 Å². The van der Waals surface area contributed by atoms with Gasteiger partial charge in [0.15, 0.2) is 0 Å².